The summed E-state index contributed by atoms with van der Waals surface area (Å²) in [6.45, 7) is 0. The minimum Gasteiger partial charge on any atom is -0.268 e. The van der Waals surface area contributed by atoms with Crippen LogP contribution in [0.2, 0.25) is 0 Å². The molecule has 0 spiro atoms. The zero-order chi connectivity index (χ0) is 10.9. The number of rotatable bonds is 1. The van der Waals surface area contributed by atoms with Crippen molar-refractivity contribution in [3.8, 4) is 0 Å². The van der Waals surface area contributed by atoms with E-state index < -0.39 is 17.4 Å². The number of thioether (sulfide) groups is 1. The molecular formula is C7H7F3N2OS. The number of halogens is 3. The summed E-state index contributed by atoms with van der Waals surface area (Å²) in [5, 5.41) is 3.17. The molecule has 0 radical (unpaired) electrons. The Kier molecular flexibility index (Phi) is 2.89. The van der Waals surface area contributed by atoms with E-state index in [9.17, 15) is 18.0 Å². The van der Waals surface area contributed by atoms with Crippen LogP contribution in [0.3, 0.4) is 0 Å². The Hall–Kier alpha value is -0.980. The molecule has 0 aliphatic rings. The molecule has 0 amide bonds. The summed E-state index contributed by atoms with van der Waals surface area (Å²) in [5.41, 5.74) is -1.57. The van der Waals surface area contributed by atoms with E-state index >= 15 is 0 Å². The van der Waals surface area contributed by atoms with E-state index in [-0.39, 0.29) is 4.90 Å². The van der Waals surface area contributed by atoms with Gasteiger partial charge in [0.1, 0.15) is 0 Å². The second-order valence-corrected chi connectivity index (χ2v) is 3.37. The van der Waals surface area contributed by atoms with Gasteiger partial charge >= 0.3 is 6.18 Å². The molecule has 7 heteroatoms. The number of nitrogens with zero attached hydrogens (tertiary/aromatic N) is 2. The van der Waals surface area contributed by atoms with Crippen LogP contribution in [0, 0.1) is 0 Å². The van der Waals surface area contributed by atoms with Crippen LogP contribution in [0.15, 0.2) is 15.8 Å². The number of aromatic nitrogens is 2. The Morgan fingerprint density at radius 1 is 1.50 bits per heavy atom. The van der Waals surface area contributed by atoms with Gasteiger partial charge in [0.2, 0.25) is 0 Å². The minimum atomic E-state index is -4.52. The van der Waals surface area contributed by atoms with Crippen molar-refractivity contribution < 1.29 is 13.2 Å². The molecule has 0 aromatic carbocycles. The average Bonchev–Trinajstić information content (AvgIpc) is 2.07. The first-order valence-electron chi connectivity index (χ1n) is 3.56. The lowest BCUT2D eigenvalue weighted by atomic mass is 10.4. The molecule has 0 unspecified atom stereocenters. The summed E-state index contributed by atoms with van der Waals surface area (Å²) in [6.07, 6.45) is -3.06. The molecule has 1 rings (SSSR count). The van der Waals surface area contributed by atoms with Crippen LogP contribution >= 0.6 is 11.8 Å². The van der Waals surface area contributed by atoms with E-state index in [2.05, 4.69) is 5.10 Å². The van der Waals surface area contributed by atoms with Crippen LogP contribution in [0.25, 0.3) is 0 Å². The average molecular weight is 224 g/mol. The first kappa shape index (κ1) is 11.1. The molecule has 0 fully saturated rings. The summed E-state index contributed by atoms with van der Waals surface area (Å²) in [5.74, 6) is 0. The molecule has 1 aromatic rings. The lowest BCUT2D eigenvalue weighted by Gasteiger charge is -2.10. The van der Waals surface area contributed by atoms with Gasteiger partial charge in [-0.05, 0) is 6.26 Å². The Balaban J connectivity index is 3.43. The third-order valence-electron chi connectivity index (χ3n) is 1.55. The standard InChI is InChI=1S/C7H7F3N2OS/c1-12-5(13)3-4(14-2)6(11-12)7(8,9)10/h3H,1-2H3. The van der Waals surface area contributed by atoms with Gasteiger partial charge in [-0.3, -0.25) is 4.79 Å². The van der Waals surface area contributed by atoms with Gasteiger partial charge in [0.15, 0.2) is 5.69 Å². The van der Waals surface area contributed by atoms with Gasteiger partial charge in [-0.2, -0.15) is 18.3 Å². The highest BCUT2D eigenvalue weighted by Gasteiger charge is 2.36. The summed E-state index contributed by atoms with van der Waals surface area (Å²) in [6, 6.07) is 0.931. The SMILES string of the molecule is CSc1cc(=O)n(C)nc1C(F)(F)F. The van der Waals surface area contributed by atoms with E-state index in [1.165, 1.54) is 13.3 Å². The number of hydrogen-bond donors (Lipinski definition) is 0. The van der Waals surface area contributed by atoms with E-state index in [0.717, 1.165) is 17.8 Å². The fraction of sp³-hybridized carbons (Fsp3) is 0.429. The molecule has 0 N–H and O–H groups in total. The molecule has 0 atom stereocenters. The highest BCUT2D eigenvalue weighted by molar-refractivity contribution is 7.98. The van der Waals surface area contributed by atoms with Gasteiger partial charge in [-0.25, -0.2) is 4.68 Å². The Morgan fingerprint density at radius 2 is 2.07 bits per heavy atom. The highest BCUT2D eigenvalue weighted by atomic mass is 32.2. The maximum Gasteiger partial charge on any atom is 0.436 e. The minimum absolute atomic E-state index is 0.152. The van der Waals surface area contributed by atoms with Gasteiger partial charge < -0.3 is 0 Å². The van der Waals surface area contributed by atoms with Gasteiger partial charge in [0, 0.05) is 18.0 Å². The molecule has 14 heavy (non-hydrogen) atoms. The fourth-order valence-corrected chi connectivity index (χ4v) is 1.44. The smallest absolute Gasteiger partial charge is 0.268 e. The van der Waals surface area contributed by atoms with E-state index in [1.54, 1.807) is 0 Å². The Bertz CT molecular complexity index is 399. The molecule has 0 saturated carbocycles. The highest BCUT2D eigenvalue weighted by Crippen LogP contribution is 2.32. The van der Waals surface area contributed by atoms with Crippen LogP contribution in [0.5, 0.6) is 0 Å². The molecule has 0 aliphatic heterocycles. The summed E-state index contributed by atoms with van der Waals surface area (Å²) < 4.78 is 37.7. The zero-order valence-corrected chi connectivity index (χ0v) is 8.24. The molecular weight excluding hydrogens is 217 g/mol. The van der Waals surface area contributed by atoms with Crippen molar-refractivity contribution in [3.63, 3.8) is 0 Å². The van der Waals surface area contributed by atoms with Crippen LogP contribution in [-0.2, 0) is 13.2 Å². The lowest BCUT2D eigenvalue weighted by molar-refractivity contribution is -0.144. The van der Waals surface area contributed by atoms with Gasteiger partial charge in [-0.1, -0.05) is 0 Å². The lowest BCUT2D eigenvalue weighted by Crippen LogP contribution is -2.24. The molecule has 78 valence electrons. The van der Waals surface area contributed by atoms with Gasteiger partial charge in [0.25, 0.3) is 5.56 Å². The van der Waals surface area contributed by atoms with Gasteiger partial charge in [0.05, 0.1) is 0 Å². The van der Waals surface area contributed by atoms with Crippen molar-refractivity contribution in [2.45, 2.75) is 11.1 Å². The zero-order valence-electron chi connectivity index (χ0n) is 7.42. The van der Waals surface area contributed by atoms with Crippen LogP contribution < -0.4 is 5.56 Å². The topological polar surface area (TPSA) is 34.9 Å². The van der Waals surface area contributed by atoms with Crippen molar-refractivity contribution in [2.75, 3.05) is 6.26 Å². The predicted octanol–water partition coefficient (Wildman–Crippen LogP) is 1.52. The van der Waals surface area contributed by atoms with Crippen molar-refractivity contribution in [3.05, 3.63) is 22.1 Å². The second kappa shape index (κ2) is 3.64. The maximum atomic E-state index is 12.4. The van der Waals surface area contributed by atoms with Crippen molar-refractivity contribution in [1.82, 2.24) is 9.78 Å². The molecule has 0 aliphatic carbocycles. The third kappa shape index (κ3) is 2.09. The Morgan fingerprint density at radius 3 is 2.50 bits per heavy atom. The van der Waals surface area contributed by atoms with Gasteiger partial charge in [-0.15, -0.1) is 11.8 Å². The predicted molar refractivity (Wildman–Crippen MR) is 46.3 cm³/mol. The first-order chi connectivity index (χ1) is 6.36. The summed E-state index contributed by atoms with van der Waals surface area (Å²) in [7, 11) is 1.18. The monoisotopic (exact) mass is 224 g/mol. The second-order valence-electron chi connectivity index (χ2n) is 2.52. The van der Waals surface area contributed by atoms with E-state index in [0.29, 0.717) is 4.68 Å². The summed E-state index contributed by atoms with van der Waals surface area (Å²) in [4.78, 5) is 10.8. The molecule has 1 heterocycles. The molecule has 0 bridgehead atoms. The third-order valence-corrected chi connectivity index (χ3v) is 2.30. The number of alkyl halides is 3. The molecule has 1 aromatic heterocycles. The van der Waals surface area contributed by atoms with Crippen molar-refractivity contribution in [2.24, 2.45) is 7.05 Å². The quantitative estimate of drug-likeness (QED) is 0.678. The summed E-state index contributed by atoms with van der Waals surface area (Å²) >= 11 is 0.849. The largest absolute Gasteiger partial charge is 0.436 e. The van der Waals surface area contributed by atoms with Crippen LogP contribution in [-0.4, -0.2) is 16.0 Å². The van der Waals surface area contributed by atoms with Crippen LogP contribution in [0.4, 0.5) is 13.2 Å². The first-order valence-corrected chi connectivity index (χ1v) is 4.78. The number of hydrogen-bond acceptors (Lipinski definition) is 3. The Labute approximate surface area is 81.9 Å². The van der Waals surface area contributed by atoms with Crippen LogP contribution in [0.1, 0.15) is 5.69 Å². The molecule has 0 saturated heterocycles. The maximum absolute atomic E-state index is 12.4. The normalized spacial score (nSPS) is 11.8. The van der Waals surface area contributed by atoms with E-state index in [4.69, 9.17) is 0 Å². The van der Waals surface area contributed by atoms with E-state index in [1.807, 2.05) is 0 Å². The molecule has 3 nitrogen and oxygen atoms in total. The van der Waals surface area contributed by atoms with Crippen molar-refractivity contribution >= 4 is 11.8 Å². The van der Waals surface area contributed by atoms with Crippen molar-refractivity contribution in [1.29, 1.82) is 0 Å². The number of aryl methyl sites for hydroxylation is 1. The fourth-order valence-electron chi connectivity index (χ4n) is 0.874.